The van der Waals surface area contributed by atoms with E-state index in [1.807, 2.05) is 35.7 Å². The summed E-state index contributed by atoms with van der Waals surface area (Å²) in [4.78, 5) is 31.7. The maximum Gasteiger partial charge on any atom is 0.272 e. The topological polar surface area (TPSA) is 80.1 Å². The molecule has 3 heterocycles. The fourth-order valence-corrected chi connectivity index (χ4v) is 4.24. The Hall–Kier alpha value is -3.00. The predicted octanol–water partition coefficient (Wildman–Crippen LogP) is 2.46. The van der Waals surface area contributed by atoms with Gasteiger partial charge >= 0.3 is 0 Å². The first-order chi connectivity index (χ1) is 13.6. The molecule has 1 atom stereocenters. The number of carbonyl (C=O) groups is 2. The lowest BCUT2D eigenvalue weighted by molar-refractivity contribution is -0.125. The lowest BCUT2D eigenvalue weighted by Crippen LogP contribution is -2.46. The smallest absolute Gasteiger partial charge is 0.272 e. The highest BCUT2D eigenvalue weighted by atomic mass is 32.1. The minimum Gasteiger partial charge on any atom is -0.349 e. The molecular formula is C20H21N5O2S. The Morgan fingerprint density at radius 1 is 1.25 bits per heavy atom. The van der Waals surface area contributed by atoms with E-state index in [0.717, 1.165) is 22.7 Å². The molecule has 2 aromatic heterocycles. The van der Waals surface area contributed by atoms with Gasteiger partial charge in [0.05, 0.1) is 12.2 Å². The van der Waals surface area contributed by atoms with Gasteiger partial charge in [0.25, 0.3) is 5.91 Å². The van der Waals surface area contributed by atoms with Crippen LogP contribution in [0.4, 0.5) is 0 Å². The van der Waals surface area contributed by atoms with Crippen LogP contribution in [0.3, 0.4) is 0 Å². The summed E-state index contributed by atoms with van der Waals surface area (Å²) < 4.78 is 1.54. The molecule has 28 heavy (non-hydrogen) atoms. The van der Waals surface area contributed by atoms with Crippen LogP contribution in [0.15, 0.2) is 48.0 Å². The number of carbonyl (C=O) groups excluding carboxylic acids is 2. The second-order valence-corrected chi connectivity index (χ2v) is 7.58. The van der Waals surface area contributed by atoms with Crippen molar-refractivity contribution in [1.82, 2.24) is 25.0 Å². The number of likely N-dealkylation sites (tertiary alicyclic amines) is 1. The van der Waals surface area contributed by atoms with Crippen LogP contribution in [0.5, 0.6) is 0 Å². The molecule has 7 nitrogen and oxygen atoms in total. The number of amides is 2. The Bertz CT molecular complexity index is 981. The molecule has 0 bridgehead atoms. The van der Waals surface area contributed by atoms with Crippen molar-refractivity contribution in [2.24, 2.45) is 7.05 Å². The van der Waals surface area contributed by atoms with E-state index in [1.54, 1.807) is 35.5 Å². The summed E-state index contributed by atoms with van der Waals surface area (Å²) in [6.07, 6.45) is 3.07. The van der Waals surface area contributed by atoms with Crippen molar-refractivity contribution in [3.63, 3.8) is 0 Å². The van der Waals surface area contributed by atoms with Crippen molar-refractivity contribution in [3.8, 4) is 10.6 Å². The summed E-state index contributed by atoms with van der Waals surface area (Å²) >= 11 is 1.56. The third-order valence-electron chi connectivity index (χ3n) is 4.87. The van der Waals surface area contributed by atoms with Crippen LogP contribution in [-0.4, -0.2) is 44.1 Å². The molecule has 0 radical (unpaired) electrons. The van der Waals surface area contributed by atoms with Gasteiger partial charge in [-0.05, 0) is 18.9 Å². The maximum atomic E-state index is 12.8. The average Bonchev–Trinajstić information content (AvgIpc) is 3.46. The highest BCUT2D eigenvalue weighted by Gasteiger charge is 2.35. The largest absolute Gasteiger partial charge is 0.349 e. The number of hydrogen-bond donors (Lipinski definition) is 1. The second-order valence-electron chi connectivity index (χ2n) is 6.72. The van der Waals surface area contributed by atoms with Crippen molar-refractivity contribution in [2.45, 2.75) is 25.4 Å². The summed E-state index contributed by atoms with van der Waals surface area (Å²) in [6.45, 7) is 0.934. The van der Waals surface area contributed by atoms with Crippen LogP contribution in [0.25, 0.3) is 10.6 Å². The van der Waals surface area contributed by atoms with Gasteiger partial charge in [0.2, 0.25) is 5.91 Å². The summed E-state index contributed by atoms with van der Waals surface area (Å²) in [5, 5.41) is 9.87. The first-order valence-electron chi connectivity index (χ1n) is 9.20. The van der Waals surface area contributed by atoms with Gasteiger partial charge in [-0.25, -0.2) is 4.98 Å². The second kappa shape index (κ2) is 7.93. The van der Waals surface area contributed by atoms with E-state index in [0.29, 0.717) is 25.2 Å². The van der Waals surface area contributed by atoms with E-state index < -0.39 is 6.04 Å². The Balaban J connectivity index is 1.39. The van der Waals surface area contributed by atoms with Gasteiger partial charge in [-0.2, -0.15) is 5.10 Å². The zero-order chi connectivity index (χ0) is 19.5. The number of nitrogens with one attached hydrogen (secondary N) is 1. The third-order valence-corrected chi connectivity index (χ3v) is 5.81. The van der Waals surface area contributed by atoms with E-state index in [2.05, 4.69) is 15.4 Å². The van der Waals surface area contributed by atoms with E-state index in [-0.39, 0.29) is 11.8 Å². The predicted molar refractivity (Wildman–Crippen MR) is 107 cm³/mol. The van der Waals surface area contributed by atoms with Crippen LogP contribution in [0, 0.1) is 0 Å². The lowest BCUT2D eigenvalue weighted by atomic mass is 10.2. The van der Waals surface area contributed by atoms with Crippen molar-refractivity contribution >= 4 is 23.2 Å². The van der Waals surface area contributed by atoms with Crippen molar-refractivity contribution < 1.29 is 9.59 Å². The first-order valence-corrected chi connectivity index (χ1v) is 10.1. The third kappa shape index (κ3) is 3.68. The highest BCUT2D eigenvalue weighted by molar-refractivity contribution is 7.13. The molecule has 8 heteroatoms. The van der Waals surface area contributed by atoms with Gasteiger partial charge in [0.15, 0.2) is 0 Å². The number of aryl methyl sites for hydroxylation is 1. The molecule has 1 unspecified atom stereocenters. The zero-order valence-electron chi connectivity index (χ0n) is 15.5. The number of benzene rings is 1. The molecule has 1 fully saturated rings. The van der Waals surface area contributed by atoms with Crippen LogP contribution < -0.4 is 5.32 Å². The molecule has 1 aromatic carbocycles. The van der Waals surface area contributed by atoms with E-state index >= 15 is 0 Å². The van der Waals surface area contributed by atoms with E-state index in [9.17, 15) is 9.59 Å². The molecule has 4 rings (SSSR count). The minimum absolute atomic E-state index is 0.137. The molecule has 1 aliphatic rings. The Labute approximate surface area is 167 Å². The van der Waals surface area contributed by atoms with Gasteiger partial charge in [0.1, 0.15) is 16.7 Å². The summed E-state index contributed by atoms with van der Waals surface area (Å²) in [7, 11) is 1.73. The maximum absolute atomic E-state index is 12.8. The molecule has 0 saturated carbocycles. The molecule has 1 N–H and O–H groups in total. The van der Waals surface area contributed by atoms with Gasteiger partial charge in [-0.15, -0.1) is 11.3 Å². The van der Waals surface area contributed by atoms with Crippen molar-refractivity contribution in [2.75, 3.05) is 6.54 Å². The number of hydrogen-bond acceptors (Lipinski definition) is 5. The van der Waals surface area contributed by atoms with Crippen LogP contribution in [-0.2, 0) is 18.4 Å². The van der Waals surface area contributed by atoms with Gasteiger partial charge < -0.3 is 10.2 Å². The van der Waals surface area contributed by atoms with E-state index in [4.69, 9.17) is 0 Å². The van der Waals surface area contributed by atoms with Crippen molar-refractivity contribution in [1.29, 1.82) is 0 Å². The Kier molecular flexibility index (Phi) is 5.21. The fraction of sp³-hybridized carbons (Fsp3) is 0.300. The zero-order valence-corrected chi connectivity index (χ0v) is 16.4. The van der Waals surface area contributed by atoms with Crippen molar-refractivity contribution in [3.05, 3.63) is 59.4 Å². The molecule has 144 valence electrons. The highest BCUT2D eigenvalue weighted by Crippen LogP contribution is 2.24. The van der Waals surface area contributed by atoms with Gasteiger partial charge in [-0.1, -0.05) is 30.3 Å². The standard InChI is InChI=1S/C20H21N5O2S/c1-24-17(9-10-22-24)20(27)25-11-5-8-16(25)18(26)21-12-15-13-28-19(23-15)14-6-3-2-4-7-14/h2-4,6-7,9-10,13,16H,5,8,11-12H2,1H3,(H,21,26). The average molecular weight is 395 g/mol. The molecule has 0 spiro atoms. The monoisotopic (exact) mass is 395 g/mol. The molecule has 1 saturated heterocycles. The summed E-state index contributed by atoms with van der Waals surface area (Å²) in [5.41, 5.74) is 2.38. The molecule has 0 aliphatic carbocycles. The summed E-state index contributed by atoms with van der Waals surface area (Å²) in [5.74, 6) is -0.292. The Morgan fingerprint density at radius 2 is 2.07 bits per heavy atom. The Morgan fingerprint density at radius 3 is 2.82 bits per heavy atom. The van der Waals surface area contributed by atoms with Crippen LogP contribution >= 0.6 is 11.3 Å². The fourth-order valence-electron chi connectivity index (χ4n) is 3.41. The van der Waals surface area contributed by atoms with Crippen LogP contribution in [0.2, 0.25) is 0 Å². The quantitative estimate of drug-likeness (QED) is 0.720. The van der Waals surface area contributed by atoms with Gasteiger partial charge in [-0.3, -0.25) is 14.3 Å². The molecule has 2 amide bonds. The summed E-state index contributed by atoms with van der Waals surface area (Å²) in [6, 6.07) is 11.2. The molecule has 3 aromatic rings. The minimum atomic E-state index is -0.449. The van der Waals surface area contributed by atoms with E-state index in [1.165, 1.54) is 4.68 Å². The number of nitrogens with zero attached hydrogens (tertiary/aromatic N) is 4. The molecular weight excluding hydrogens is 374 g/mol. The molecule has 1 aliphatic heterocycles. The number of rotatable bonds is 5. The normalized spacial score (nSPS) is 16.3. The number of aromatic nitrogens is 3. The van der Waals surface area contributed by atoms with Crippen LogP contribution in [0.1, 0.15) is 29.0 Å². The lowest BCUT2D eigenvalue weighted by Gasteiger charge is -2.23. The SMILES string of the molecule is Cn1nccc1C(=O)N1CCCC1C(=O)NCc1csc(-c2ccccc2)n1. The number of thiazole rings is 1. The van der Waals surface area contributed by atoms with Gasteiger partial charge in [0, 0.05) is 30.7 Å². The first kappa shape index (κ1) is 18.4.